The van der Waals surface area contributed by atoms with Gasteiger partial charge in [-0.25, -0.2) is 0 Å². The topological polar surface area (TPSA) is 397 Å². The second kappa shape index (κ2) is 31.9. The van der Waals surface area contributed by atoms with Crippen molar-refractivity contribution in [3.8, 4) is 0 Å². The van der Waals surface area contributed by atoms with Gasteiger partial charge in [0.2, 0.25) is 65.0 Å². The number of primary amides is 1. The van der Waals surface area contributed by atoms with Crippen LogP contribution in [0, 0.1) is 5.92 Å². The maximum Gasteiger partial charge on any atom is 0.246 e. The number of carbonyl (C=O) groups excluding carboxylic acids is 11. The first-order valence-corrected chi connectivity index (χ1v) is 29.6. The van der Waals surface area contributed by atoms with Crippen LogP contribution in [0.4, 0.5) is 0 Å². The van der Waals surface area contributed by atoms with Crippen LogP contribution in [-0.2, 0) is 65.6 Å². The van der Waals surface area contributed by atoms with Gasteiger partial charge in [-0.3, -0.25) is 57.7 Å². The van der Waals surface area contributed by atoms with Crippen LogP contribution in [0.15, 0.2) is 65.8 Å². The number of likely N-dealkylation sites (tertiary alicyclic amines) is 1. The summed E-state index contributed by atoms with van der Waals surface area (Å²) in [6, 6.07) is 4.86. The van der Waals surface area contributed by atoms with Gasteiger partial charge >= 0.3 is 0 Å². The van der Waals surface area contributed by atoms with Gasteiger partial charge in [0.15, 0.2) is 5.96 Å². The molecule has 9 atom stereocenters. The van der Waals surface area contributed by atoms with E-state index in [9.17, 15) is 47.9 Å². The predicted octanol–water partition coefficient (Wildman–Crippen LogP) is -0.576. The van der Waals surface area contributed by atoms with E-state index < -0.39 is 126 Å². The minimum Gasteiger partial charge on any atom is -0.370 e. The quantitative estimate of drug-likeness (QED) is 0.0407. The Bertz CT molecular complexity index is 2890. The summed E-state index contributed by atoms with van der Waals surface area (Å²) < 4.78 is 0. The van der Waals surface area contributed by atoms with Crippen molar-refractivity contribution in [2.45, 2.75) is 178 Å². The molecule has 4 heterocycles. The highest BCUT2D eigenvalue weighted by atomic mass is 16.2. The zero-order chi connectivity index (χ0) is 61.7. The molecule has 1 unspecified atom stereocenters. The molecular weight excluding hydrogens is 1090 g/mol. The number of nitrogens with zero attached hydrogens (tertiary/aromatic N) is 3. The lowest BCUT2D eigenvalue weighted by atomic mass is 10.0. The lowest BCUT2D eigenvalue weighted by Gasteiger charge is -2.31. The van der Waals surface area contributed by atoms with Gasteiger partial charge in [0.05, 0.1) is 6.42 Å². The molecule has 0 spiro atoms. The standard InChI is InChI=1S/C59H85N15O11/c1-5-6-20-40(66-35(4)75)51(78)71-45-32-48(76)63-26-13-12-22-42(57(84)73-28-16-25-47(73)56(83)72-49(34(2)3)50(60)77)68-54(81)44(31-37-33-65-39-21-11-10-19-38(37)39)69-52(79)41(23-14-27-64-59(61)62)67-53(80)43(30-36-17-8-7-9-18-36)70-55(82)46-24-15-29-74(46)58(45)85/h7-11,17-19,21,33-34,40-47,49,65H,5-6,12-16,20,22-32H2,1-4H3,(H2,60,77)(H,63,76)(H,66,75)(H,67,80)(H,68,81)(H,69,79)(H,70,82)(H,71,78)(H,72,83)(H4,61,62,64)/t40?,41-,42-,43-,44-,45-,46-,47-,49-/m0/s1. The maximum absolute atomic E-state index is 15.1. The molecule has 0 bridgehead atoms. The Labute approximate surface area is 494 Å². The Balaban J connectivity index is 1.41. The molecule has 0 aliphatic carbocycles. The number of guanidine groups is 1. The number of nitrogens with two attached hydrogens (primary N) is 3. The Morgan fingerprint density at radius 2 is 1.41 bits per heavy atom. The van der Waals surface area contributed by atoms with Crippen LogP contribution in [-0.4, -0.2) is 166 Å². The SMILES string of the molecule is CCCCC(NC(C)=O)C(=O)N[C@H]1CC(=O)NCCCC[C@@H](C(=O)N2CCC[C@H]2C(=O)N[C@H](C(N)=O)C(C)C)NC(=O)[C@H](Cc2c[nH]c3ccccc23)NC(=O)[C@H](CCCN=C(N)N)NC(=O)[C@H](Cc2ccccc2)NC(=O)[C@@H]2CCCN2C1=O. The molecule has 0 saturated carbocycles. The fraction of sp³-hybridized carbons (Fsp3) is 0.559. The number of carbonyl (C=O) groups is 11. The van der Waals surface area contributed by atoms with E-state index in [-0.39, 0.29) is 102 Å². The number of aliphatic imine (C=N–C) groups is 1. The fourth-order valence-electron chi connectivity index (χ4n) is 11.1. The van der Waals surface area contributed by atoms with E-state index >= 15 is 4.79 Å². The second-order valence-electron chi connectivity index (χ2n) is 22.5. The van der Waals surface area contributed by atoms with Crippen molar-refractivity contribution < 1.29 is 52.7 Å². The number of benzene rings is 2. The number of hydrogen-bond acceptors (Lipinski definition) is 12. The zero-order valence-electron chi connectivity index (χ0n) is 49.0. The van der Waals surface area contributed by atoms with Crippen molar-refractivity contribution in [2.24, 2.45) is 28.1 Å². The Morgan fingerprint density at radius 1 is 0.741 bits per heavy atom. The van der Waals surface area contributed by atoms with Crippen molar-refractivity contribution in [2.75, 3.05) is 26.2 Å². The number of H-pyrrole nitrogens is 1. The van der Waals surface area contributed by atoms with Crippen LogP contribution in [0.2, 0.25) is 0 Å². The molecule has 3 saturated heterocycles. The average Bonchev–Trinajstić information content (AvgIpc) is 4.35. The zero-order valence-corrected chi connectivity index (χ0v) is 49.0. The predicted molar refractivity (Wildman–Crippen MR) is 316 cm³/mol. The summed E-state index contributed by atoms with van der Waals surface area (Å²) in [5.41, 5.74) is 18.9. The Morgan fingerprint density at radius 3 is 2.12 bits per heavy atom. The molecule has 3 aliphatic heterocycles. The monoisotopic (exact) mass is 1180 g/mol. The highest BCUT2D eigenvalue weighted by Gasteiger charge is 2.43. The van der Waals surface area contributed by atoms with Crippen molar-refractivity contribution in [3.05, 3.63) is 71.9 Å². The Kier molecular flexibility index (Phi) is 24.6. The van der Waals surface area contributed by atoms with E-state index in [1.54, 1.807) is 50.4 Å². The van der Waals surface area contributed by atoms with Gasteiger partial charge < -0.3 is 74.5 Å². The second-order valence-corrected chi connectivity index (χ2v) is 22.5. The first-order valence-electron chi connectivity index (χ1n) is 29.6. The van der Waals surface area contributed by atoms with Gasteiger partial charge in [0.25, 0.3) is 0 Å². The molecule has 6 rings (SSSR count). The van der Waals surface area contributed by atoms with Gasteiger partial charge in [-0.05, 0) is 87.3 Å². The molecule has 3 aromatic rings. The summed E-state index contributed by atoms with van der Waals surface area (Å²) in [4.78, 5) is 166. The largest absolute Gasteiger partial charge is 0.370 e. The molecule has 26 nitrogen and oxygen atoms in total. The molecular formula is C59H85N15O11. The van der Waals surface area contributed by atoms with Crippen molar-refractivity contribution in [3.63, 3.8) is 0 Å². The molecule has 15 N–H and O–H groups in total. The van der Waals surface area contributed by atoms with Crippen LogP contribution < -0.4 is 59.7 Å². The molecule has 26 heteroatoms. The molecule has 11 amide bonds. The van der Waals surface area contributed by atoms with Crippen LogP contribution in [0.25, 0.3) is 10.9 Å². The lowest BCUT2D eigenvalue weighted by molar-refractivity contribution is -0.143. The summed E-state index contributed by atoms with van der Waals surface area (Å²) >= 11 is 0. The third-order valence-corrected chi connectivity index (χ3v) is 15.6. The van der Waals surface area contributed by atoms with E-state index in [0.29, 0.717) is 36.8 Å². The molecule has 3 fully saturated rings. The summed E-state index contributed by atoms with van der Waals surface area (Å²) in [7, 11) is 0. The third kappa shape index (κ3) is 19.0. The normalized spacial score (nSPS) is 23.0. The van der Waals surface area contributed by atoms with Gasteiger partial charge in [-0.15, -0.1) is 0 Å². The number of aromatic nitrogens is 1. The number of para-hydroxylation sites is 1. The summed E-state index contributed by atoms with van der Waals surface area (Å²) in [6.07, 6.45) is 4.08. The van der Waals surface area contributed by atoms with E-state index in [2.05, 4.69) is 52.5 Å². The molecule has 462 valence electrons. The number of nitrogens with one attached hydrogen (secondary N) is 9. The Hall–Kier alpha value is -8.58. The van der Waals surface area contributed by atoms with Gasteiger partial charge in [-0.2, -0.15) is 0 Å². The van der Waals surface area contributed by atoms with Gasteiger partial charge in [-0.1, -0.05) is 82.1 Å². The lowest BCUT2D eigenvalue weighted by Crippen LogP contribution is -2.61. The average molecular weight is 1180 g/mol. The molecule has 1 aromatic heterocycles. The smallest absolute Gasteiger partial charge is 0.246 e. The van der Waals surface area contributed by atoms with Crippen LogP contribution >= 0.6 is 0 Å². The van der Waals surface area contributed by atoms with Crippen LogP contribution in [0.5, 0.6) is 0 Å². The molecule has 3 aliphatic rings. The van der Waals surface area contributed by atoms with Crippen molar-refractivity contribution >= 4 is 81.8 Å². The number of aromatic amines is 1. The summed E-state index contributed by atoms with van der Waals surface area (Å²) in [5, 5.41) is 23.0. The summed E-state index contributed by atoms with van der Waals surface area (Å²) in [5.74, 6) is -8.25. The number of fused-ring (bicyclic) bond motifs is 2. The molecule has 2 aromatic carbocycles. The number of hydrogen-bond donors (Lipinski definition) is 12. The highest BCUT2D eigenvalue weighted by molar-refractivity contribution is 6.00. The number of rotatable bonds is 19. The first-order chi connectivity index (χ1) is 40.6. The molecule has 85 heavy (non-hydrogen) atoms. The number of unbranched alkanes of at least 4 members (excludes halogenated alkanes) is 1. The highest BCUT2D eigenvalue weighted by Crippen LogP contribution is 2.24. The number of amides is 11. The minimum absolute atomic E-state index is 0.00835. The molecule has 0 radical (unpaired) electrons. The van der Waals surface area contributed by atoms with Gasteiger partial charge in [0, 0.05) is 63.0 Å². The fourth-order valence-corrected chi connectivity index (χ4v) is 11.1. The third-order valence-electron chi connectivity index (χ3n) is 15.6. The van der Waals surface area contributed by atoms with Gasteiger partial charge in [0.1, 0.15) is 54.4 Å². The first kappa shape index (κ1) is 65.6. The van der Waals surface area contributed by atoms with E-state index in [0.717, 1.165) is 10.9 Å². The maximum atomic E-state index is 15.1. The van der Waals surface area contributed by atoms with Crippen molar-refractivity contribution in [1.29, 1.82) is 0 Å². The van der Waals surface area contributed by atoms with E-state index in [1.807, 2.05) is 31.2 Å². The van der Waals surface area contributed by atoms with E-state index in [4.69, 9.17) is 17.2 Å². The minimum atomic E-state index is -1.51. The van der Waals surface area contributed by atoms with Crippen LogP contribution in [0.3, 0.4) is 0 Å². The summed E-state index contributed by atoms with van der Waals surface area (Å²) in [6.45, 7) is 6.84. The van der Waals surface area contributed by atoms with Crippen molar-refractivity contribution in [1.82, 2.24) is 57.3 Å². The van der Waals surface area contributed by atoms with E-state index in [1.165, 1.54) is 16.7 Å². The van der Waals surface area contributed by atoms with Crippen LogP contribution in [0.1, 0.15) is 122 Å².